The number of methoxy groups -OCH3 is 1. The van der Waals surface area contributed by atoms with Crippen molar-refractivity contribution in [3.05, 3.63) is 70.2 Å². The van der Waals surface area contributed by atoms with Crippen molar-refractivity contribution in [2.24, 2.45) is 0 Å². The van der Waals surface area contributed by atoms with Gasteiger partial charge in [0, 0.05) is 37.7 Å². The molecule has 1 fully saturated rings. The van der Waals surface area contributed by atoms with Gasteiger partial charge in [-0.1, -0.05) is 48.0 Å². The molecule has 0 radical (unpaired) electrons. The molecule has 1 aliphatic rings. The molecule has 2 aromatic carbocycles. The van der Waals surface area contributed by atoms with E-state index in [0.29, 0.717) is 10.6 Å². The van der Waals surface area contributed by atoms with Gasteiger partial charge in [-0.15, -0.1) is 0 Å². The molecular formula is C21H22ClN3O2. The van der Waals surface area contributed by atoms with Gasteiger partial charge < -0.3 is 4.74 Å². The highest BCUT2D eigenvalue weighted by Gasteiger charge is 2.32. The lowest BCUT2D eigenvalue weighted by Crippen LogP contribution is -2.49. The first-order valence-electron chi connectivity index (χ1n) is 8.90. The molecule has 0 unspecified atom stereocenters. The average molecular weight is 384 g/mol. The first-order chi connectivity index (χ1) is 13.1. The molecule has 0 amide bonds. The number of carbonyl (C=O) groups is 1. The number of carbonyl (C=O) groups excluding carboxylic acids is 1. The van der Waals surface area contributed by atoms with Gasteiger partial charge >= 0.3 is 5.97 Å². The summed E-state index contributed by atoms with van der Waals surface area (Å²) < 4.78 is 5.04. The van der Waals surface area contributed by atoms with Crippen molar-refractivity contribution in [3.63, 3.8) is 0 Å². The zero-order valence-electron chi connectivity index (χ0n) is 15.3. The van der Waals surface area contributed by atoms with Crippen LogP contribution in [-0.4, -0.2) is 49.1 Å². The number of nitriles is 1. The predicted molar refractivity (Wildman–Crippen MR) is 104 cm³/mol. The number of hydrogen-bond donors (Lipinski definition) is 0. The molecule has 0 aromatic heterocycles. The molecule has 0 bridgehead atoms. The molecule has 27 heavy (non-hydrogen) atoms. The van der Waals surface area contributed by atoms with Crippen LogP contribution < -0.4 is 0 Å². The number of rotatable bonds is 5. The topological polar surface area (TPSA) is 56.6 Å². The van der Waals surface area contributed by atoms with E-state index in [1.54, 1.807) is 6.07 Å². The van der Waals surface area contributed by atoms with E-state index >= 15 is 0 Å². The normalized spacial score (nSPS) is 16.5. The minimum Gasteiger partial charge on any atom is -0.468 e. The third-order valence-electron chi connectivity index (χ3n) is 4.93. The van der Waals surface area contributed by atoms with E-state index in [9.17, 15) is 10.1 Å². The molecule has 0 aliphatic carbocycles. The fourth-order valence-electron chi connectivity index (χ4n) is 3.47. The second kappa shape index (κ2) is 9.01. The first-order valence-corrected chi connectivity index (χ1v) is 9.28. The fraction of sp³-hybridized carbons (Fsp3) is 0.333. The Morgan fingerprint density at radius 1 is 1.15 bits per heavy atom. The van der Waals surface area contributed by atoms with E-state index in [4.69, 9.17) is 16.3 Å². The Hall–Kier alpha value is -2.39. The van der Waals surface area contributed by atoms with Crippen LogP contribution in [0.1, 0.15) is 22.7 Å². The van der Waals surface area contributed by atoms with E-state index in [0.717, 1.165) is 43.9 Å². The van der Waals surface area contributed by atoms with Crippen LogP contribution in [0, 0.1) is 11.3 Å². The summed E-state index contributed by atoms with van der Waals surface area (Å²) in [5.41, 5.74) is 2.52. The molecule has 1 atom stereocenters. The summed E-state index contributed by atoms with van der Waals surface area (Å²) in [5, 5.41) is 9.83. The highest BCUT2D eigenvalue weighted by Crippen LogP contribution is 2.29. The zero-order valence-corrected chi connectivity index (χ0v) is 16.0. The monoisotopic (exact) mass is 383 g/mol. The Morgan fingerprint density at radius 3 is 2.48 bits per heavy atom. The molecule has 0 spiro atoms. The highest BCUT2D eigenvalue weighted by atomic mass is 35.5. The van der Waals surface area contributed by atoms with Crippen molar-refractivity contribution in [1.82, 2.24) is 9.80 Å². The van der Waals surface area contributed by atoms with Crippen molar-refractivity contribution in [2.45, 2.75) is 12.6 Å². The van der Waals surface area contributed by atoms with Gasteiger partial charge in [0.2, 0.25) is 0 Å². The minimum absolute atomic E-state index is 0.300. The molecular weight excluding hydrogens is 362 g/mol. The molecule has 0 N–H and O–H groups in total. The SMILES string of the molecule is COC(=O)[C@H](c1ccccc1Cl)N1CCN(Cc2ccccc2C#N)CC1. The second-order valence-electron chi connectivity index (χ2n) is 6.53. The summed E-state index contributed by atoms with van der Waals surface area (Å²) in [4.78, 5) is 16.9. The number of ether oxygens (including phenoxy) is 1. The third-order valence-corrected chi connectivity index (χ3v) is 5.27. The van der Waals surface area contributed by atoms with E-state index in [1.165, 1.54) is 7.11 Å². The molecule has 1 heterocycles. The summed E-state index contributed by atoms with van der Waals surface area (Å²) in [6, 6.07) is 16.8. The molecule has 140 valence electrons. The van der Waals surface area contributed by atoms with Crippen LogP contribution in [0.3, 0.4) is 0 Å². The molecule has 3 rings (SSSR count). The summed E-state index contributed by atoms with van der Waals surface area (Å²) in [6.45, 7) is 3.78. The third kappa shape index (κ3) is 4.48. The van der Waals surface area contributed by atoms with E-state index < -0.39 is 6.04 Å². The summed E-state index contributed by atoms with van der Waals surface area (Å²) >= 11 is 6.33. The maximum atomic E-state index is 12.4. The van der Waals surface area contributed by atoms with Crippen LogP contribution in [0.4, 0.5) is 0 Å². The molecule has 2 aromatic rings. The zero-order chi connectivity index (χ0) is 19.2. The van der Waals surface area contributed by atoms with Crippen molar-refractivity contribution in [3.8, 4) is 6.07 Å². The van der Waals surface area contributed by atoms with Gasteiger partial charge in [0.05, 0.1) is 18.7 Å². The first kappa shape index (κ1) is 19.4. The van der Waals surface area contributed by atoms with Crippen LogP contribution in [0.2, 0.25) is 5.02 Å². The van der Waals surface area contributed by atoms with Crippen molar-refractivity contribution in [2.75, 3.05) is 33.3 Å². The van der Waals surface area contributed by atoms with Gasteiger partial charge in [0.1, 0.15) is 6.04 Å². The van der Waals surface area contributed by atoms with Crippen LogP contribution in [-0.2, 0) is 16.1 Å². The number of benzene rings is 2. The van der Waals surface area contributed by atoms with Gasteiger partial charge in [0.25, 0.3) is 0 Å². The number of piperazine rings is 1. The van der Waals surface area contributed by atoms with Gasteiger partial charge in [-0.2, -0.15) is 5.26 Å². The smallest absolute Gasteiger partial charge is 0.327 e. The van der Waals surface area contributed by atoms with E-state index in [-0.39, 0.29) is 5.97 Å². The van der Waals surface area contributed by atoms with E-state index in [1.807, 2.05) is 42.5 Å². The lowest BCUT2D eigenvalue weighted by atomic mass is 10.0. The number of esters is 1. The summed E-state index contributed by atoms with van der Waals surface area (Å²) in [5.74, 6) is -0.300. The van der Waals surface area contributed by atoms with Crippen LogP contribution in [0.25, 0.3) is 0 Å². The Kier molecular flexibility index (Phi) is 6.46. The fourth-order valence-corrected chi connectivity index (χ4v) is 3.71. The number of nitrogens with zero attached hydrogens (tertiary/aromatic N) is 3. The van der Waals surface area contributed by atoms with Crippen molar-refractivity contribution < 1.29 is 9.53 Å². The molecule has 1 aliphatic heterocycles. The lowest BCUT2D eigenvalue weighted by Gasteiger charge is -2.38. The molecule has 1 saturated heterocycles. The molecule has 5 nitrogen and oxygen atoms in total. The maximum Gasteiger partial charge on any atom is 0.327 e. The summed E-state index contributed by atoms with van der Waals surface area (Å²) in [7, 11) is 1.40. The number of halogens is 1. The van der Waals surface area contributed by atoms with Crippen LogP contribution >= 0.6 is 11.6 Å². The second-order valence-corrected chi connectivity index (χ2v) is 6.94. The maximum absolute atomic E-state index is 12.4. The standard InChI is InChI=1S/C21H22ClN3O2/c1-27-21(26)20(18-8-4-5-9-19(18)22)25-12-10-24(11-13-25)15-17-7-3-2-6-16(17)14-23/h2-9,20H,10-13,15H2,1H3/t20-/m0/s1. The van der Waals surface area contributed by atoms with Gasteiger partial charge in [0.15, 0.2) is 0 Å². The molecule has 0 saturated carbocycles. The van der Waals surface area contributed by atoms with Crippen molar-refractivity contribution >= 4 is 17.6 Å². The van der Waals surface area contributed by atoms with Gasteiger partial charge in [-0.3, -0.25) is 9.80 Å². The van der Waals surface area contributed by atoms with Crippen LogP contribution in [0.5, 0.6) is 0 Å². The Labute approximate surface area is 164 Å². The van der Waals surface area contributed by atoms with Gasteiger partial charge in [-0.05, 0) is 23.3 Å². The minimum atomic E-state index is -0.503. The largest absolute Gasteiger partial charge is 0.468 e. The number of hydrogen-bond acceptors (Lipinski definition) is 5. The Bertz CT molecular complexity index is 841. The molecule has 6 heteroatoms. The highest BCUT2D eigenvalue weighted by molar-refractivity contribution is 6.31. The Morgan fingerprint density at radius 2 is 1.81 bits per heavy atom. The lowest BCUT2D eigenvalue weighted by molar-refractivity contribution is -0.148. The Balaban J connectivity index is 1.70. The quantitative estimate of drug-likeness (QED) is 0.742. The average Bonchev–Trinajstić information content (AvgIpc) is 2.71. The van der Waals surface area contributed by atoms with Crippen LogP contribution in [0.15, 0.2) is 48.5 Å². The van der Waals surface area contributed by atoms with E-state index in [2.05, 4.69) is 15.9 Å². The van der Waals surface area contributed by atoms with Gasteiger partial charge in [-0.25, -0.2) is 4.79 Å². The summed E-state index contributed by atoms with van der Waals surface area (Å²) in [6.07, 6.45) is 0. The predicted octanol–water partition coefficient (Wildman–Crippen LogP) is 3.24. The van der Waals surface area contributed by atoms with Crippen molar-refractivity contribution in [1.29, 1.82) is 5.26 Å².